The molecular formula is C13H16BrNO3. The van der Waals surface area contributed by atoms with Crippen LogP contribution in [0, 0.1) is 5.92 Å². The van der Waals surface area contributed by atoms with Crippen LogP contribution in [0.5, 0.6) is 5.75 Å². The molecule has 1 aliphatic heterocycles. The van der Waals surface area contributed by atoms with Gasteiger partial charge in [-0.3, -0.25) is 9.69 Å². The molecule has 0 spiro atoms. The van der Waals surface area contributed by atoms with Gasteiger partial charge in [-0.05, 0) is 37.1 Å². The summed E-state index contributed by atoms with van der Waals surface area (Å²) in [5, 5.41) is 18.5. The van der Waals surface area contributed by atoms with Crippen LogP contribution in [-0.4, -0.2) is 34.2 Å². The zero-order chi connectivity index (χ0) is 13.1. The number of carboxylic acids is 1. The molecule has 0 aliphatic carbocycles. The van der Waals surface area contributed by atoms with Gasteiger partial charge in [0.25, 0.3) is 0 Å². The molecule has 1 aromatic rings. The van der Waals surface area contributed by atoms with Crippen LogP contribution in [-0.2, 0) is 11.3 Å². The van der Waals surface area contributed by atoms with Crippen molar-refractivity contribution in [3.63, 3.8) is 0 Å². The molecule has 0 saturated carbocycles. The molecule has 1 atom stereocenters. The van der Waals surface area contributed by atoms with Crippen LogP contribution in [0.3, 0.4) is 0 Å². The number of benzene rings is 1. The second kappa shape index (κ2) is 5.71. The highest BCUT2D eigenvalue weighted by Gasteiger charge is 2.24. The molecule has 2 N–H and O–H groups in total. The van der Waals surface area contributed by atoms with Crippen LogP contribution < -0.4 is 0 Å². The molecule has 1 unspecified atom stereocenters. The van der Waals surface area contributed by atoms with Crippen LogP contribution in [0.25, 0.3) is 0 Å². The third-order valence-electron chi connectivity index (χ3n) is 3.27. The Morgan fingerprint density at radius 3 is 3.00 bits per heavy atom. The van der Waals surface area contributed by atoms with E-state index in [1.165, 1.54) is 0 Å². The van der Waals surface area contributed by atoms with Gasteiger partial charge in [0.15, 0.2) is 0 Å². The van der Waals surface area contributed by atoms with Gasteiger partial charge in [-0.15, -0.1) is 0 Å². The molecule has 18 heavy (non-hydrogen) atoms. The maximum Gasteiger partial charge on any atom is 0.303 e. The number of carboxylic acid groups (broad SMARTS) is 1. The van der Waals surface area contributed by atoms with Crippen LogP contribution in [0.2, 0.25) is 0 Å². The third-order valence-corrected chi connectivity index (χ3v) is 3.76. The Morgan fingerprint density at radius 1 is 1.50 bits per heavy atom. The smallest absolute Gasteiger partial charge is 0.303 e. The van der Waals surface area contributed by atoms with Crippen molar-refractivity contribution < 1.29 is 15.0 Å². The first-order valence-corrected chi connectivity index (χ1v) is 6.75. The maximum atomic E-state index is 10.7. The number of hydrogen-bond donors (Lipinski definition) is 2. The van der Waals surface area contributed by atoms with Crippen LogP contribution >= 0.6 is 15.9 Å². The Labute approximate surface area is 114 Å². The summed E-state index contributed by atoms with van der Waals surface area (Å²) in [7, 11) is 0. The van der Waals surface area contributed by atoms with Crippen molar-refractivity contribution in [1.29, 1.82) is 0 Å². The first-order chi connectivity index (χ1) is 8.54. The molecule has 2 rings (SSSR count). The lowest BCUT2D eigenvalue weighted by molar-refractivity contribution is -0.138. The van der Waals surface area contributed by atoms with Crippen molar-refractivity contribution in [2.24, 2.45) is 5.92 Å². The summed E-state index contributed by atoms with van der Waals surface area (Å²) in [6.07, 6.45) is 1.15. The predicted octanol–water partition coefficient (Wildman–Crippen LogP) is 2.45. The molecule has 1 fully saturated rings. The van der Waals surface area contributed by atoms with E-state index in [0.29, 0.717) is 12.3 Å². The van der Waals surface area contributed by atoms with Gasteiger partial charge in [0.05, 0.1) is 0 Å². The standard InChI is InChI=1S/C13H16BrNO3/c14-11-1-2-12(16)10(6-11)8-15-4-3-9(7-15)5-13(17)18/h1-2,6,9,16H,3-5,7-8H2,(H,17,18). The highest BCUT2D eigenvalue weighted by atomic mass is 79.9. The molecule has 1 aliphatic rings. The zero-order valence-corrected chi connectivity index (χ0v) is 11.6. The number of rotatable bonds is 4. The van der Waals surface area contributed by atoms with E-state index >= 15 is 0 Å². The fraction of sp³-hybridized carbons (Fsp3) is 0.462. The number of carbonyl (C=O) groups is 1. The van der Waals surface area contributed by atoms with Gasteiger partial charge in [0.1, 0.15) is 5.75 Å². The van der Waals surface area contributed by atoms with Gasteiger partial charge in [0.2, 0.25) is 0 Å². The Kier molecular flexibility index (Phi) is 4.24. The van der Waals surface area contributed by atoms with Crippen molar-refractivity contribution in [2.75, 3.05) is 13.1 Å². The summed E-state index contributed by atoms with van der Waals surface area (Å²) in [6.45, 7) is 2.35. The fourth-order valence-corrected chi connectivity index (χ4v) is 2.80. The average molecular weight is 314 g/mol. The van der Waals surface area contributed by atoms with Crippen LogP contribution in [0.1, 0.15) is 18.4 Å². The van der Waals surface area contributed by atoms with Gasteiger partial charge in [-0.25, -0.2) is 0 Å². The van der Waals surface area contributed by atoms with Gasteiger partial charge in [-0.2, -0.15) is 0 Å². The molecule has 0 amide bonds. The van der Waals surface area contributed by atoms with Crippen molar-refractivity contribution in [2.45, 2.75) is 19.4 Å². The van der Waals surface area contributed by atoms with Gasteiger partial charge < -0.3 is 10.2 Å². The third kappa shape index (κ3) is 3.46. The van der Waals surface area contributed by atoms with Crippen LogP contribution in [0.15, 0.2) is 22.7 Å². The van der Waals surface area contributed by atoms with Gasteiger partial charge in [-0.1, -0.05) is 15.9 Å². The molecule has 0 radical (unpaired) electrons. The Morgan fingerprint density at radius 2 is 2.28 bits per heavy atom. The van der Waals surface area contributed by atoms with E-state index in [9.17, 15) is 9.90 Å². The van der Waals surface area contributed by atoms with E-state index in [-0.39, 0.29) is 12.3 Å². The topological polar surface area (TPSA) is 60.8 Å². The summed E-state index contributed by atoms with van der Waals surface area (Å²) in [5.74, 6) is -0.205. The molecule has 1 saturated heterocycles. The molecule has 1 heterocycles. The lowest BCUT2D eigenvalue weighted by Gasteiger charge is -2.16. The van der Waals surface area contributed by atoms with Crippen molar-refractivity contribution >= 4 is 21.9 Å². The summed E-state index contributed by atoms with van der Waals surface area (Å²) in [5.41, 5.74) is 0.875. The zero-order valence-electron chi connectivity index (χ0n) is 9.97. The fourth-order valence-electron chi connectivity index (χ4n) is 2.39. The van der Waals surface area contributed by atoms with E-state index in [0.717, 1.165) is 29.5 Å². The highest BCUT2D eigenvalue weighted by molar-refractivity contribution is 9.10. The predicted molar refractivity (Wildman–Crippen MR) is 71.4 cm³/mol. The minimum absolute atomic E-state index is 0.233. The Hall–Kier alpha value is -1.07. The Bertz CT molecular complexity index is 450. The molecule has 0 aromatic heterocycles. The number of aliphatic carboxylic acids is 1. The van der Waals surface area contributed by atoms with Crippen molar-refractivity contribution in [3.8, 4) is 5.75 Å². The minimum Gasteiger partial charge on any atom is -0.508 e. The number of phenolic OH excluding ortho intramolecular Hbond substituents is 1. The number of hydrogen-bond acceptors (Lipinski definition) is 3. The van der Waals surface area contributed by atoms with E-state index in [2.05, 4.69) is 20.8 Å². The SMILES string of the molecule is O=C(O)CC1CCN(Cc2cc(Br)ccc2O)C1. The lowest BCUT2D eigenvalue weighted by atomic mass is 10.1. The Balaban J connectivity index is 1.95. The summed E-state index contributed by atoms with van der Waals surface area (Å²) in [4.78, 5) is 12.8. The quantitative estimate of drug-likeness (QED) is 0.896. The van der Waals surface area contributed by atoms with E-state index < -0.39 is 5.97 Å². The lowest BCUT2D eigenvalue weighted by Crippen LogP contribution is -2.21. The monoisotopic (exact) mass is 313 g/mol. The second-order valence-electron chi connectivity index (χ2n) is 4.76. The normalized spacial score (nSPS) is 20.2. The van der Waals surface area contributed by atoms with E-state index in [4.69, 9.17) is 5.11 Å². The first kappa shape index (κ1) is 13.4. The molecule has 5 heteroatoms. The molecule has 4 nitrogen and oxygen atoms in total. The number of likely N-dealkylation sites (tertiary alicyclic amines) is 1. The molecular weight excluding hydrogens is 298 g/mol. The largest absolute Gasteiger partial charge is 0.508 e. The molecule has 1 aromatic carbocycles. The maximum absolute atomic E-state index is 10.7. The number of halogens is 1. The van der Waals surface area contributed by atoms with Crippen molar-refractivity contribution in [1.82, 2.24) is 4.90 Å². The van der Waals surface area contributed by atoms with E-state index in [1.54, 1.807) is 12.1 Å². The van der Waals surface area contributed by atoms with E-state index in [1.807, 2.05) is 6.07 Å². The van der Waals surface area contributed by atoms with Gasteiger partial charge >= 0.3 is 5.97 Å². The highest BCUT2D eigenvalue weighted by Crippen LogP contribution is 2.26. The summed E-state index contributed by atoms with van der Waals surface area (Å²) >= 11 is 3.38. The van der Waals surface area contributed by atoms with Crippen LogP contribution in [0.4, 0.5) is 0 Å². The van der Waals surface area contributed by atoms with Crippen molar-refractivity contribution in [3.05, 3.63) is 28.2 Å². The van der Waals surface area contributed by atoms with Gasteiger partial charge in [0, 0.05) is 29.5 Å². The summed E-state index contributed by atoms with van der Waals surface area (Å²) in [6, 6.07) is 5.38. The molecule has 98 valence electrons. The molecule has 0 bridgehead atoms. The average Bonchev–Trinajstić information content (AvgIpc) is 2.70. The minimum atomic E-state index is -0.729. The first-order valence-electron chi connectivity index (χ1n) is 5.96. The summed E-state index contributed by atoms with van der Waals surface area (Å²) < 4.78 is 0.941. The number of nitrogens with zero attached hydrogens (tertiary/aromatic N) is 1. The second-order valence-corrected chi connectivity index (χ2v) is 5.68. The number of phenols is 1. The number of aromatic hydroxyl groups is 1.